The summed E-state index contributed by atoms with van der Waals surface area (Å²) in [6.45, 7) is 3.69. The number of H-pyrrole nitrogens is 1. The lowest BCUT2D eigenvalue weighted by atomic mass is 9.98. The molecule has 1 aliphatic heterocycles. The van der Waals surface area contributed by atoms with E-state index in [2.05, 4.69) is 22.2 Å². The van der Waals surface area contributed by atoms with Crippen molar-refractivity contribution in [2.75, 3.05) is 16.2 Å². The van der Waals surface area contributed by atoms with Crippen LogP contribution in [0, 0.1) is 0 Å². The fourth-order valence-electron chi connectivity index (χ4n) is 4.39. The zero-order chi connectivity index (χ0) is 25.3. The molecule has 0 radical (unpaired) electrons. The van der Waals surface area contributed by atoms with Gasteiger partial charge >= 0.3 is 0 Å². The largest absolute Gasteiger partial charge is 0.351 e. The van der Waals surface area contributed by atoms with Gasteiger partial charge in [-0.3, -0.25) is 13.9 Å². The molecule has 9 heteroatoms. The molecule has 8 nitrogen and oxygen atoms in total. The van der Waals surface area contributed by atoms with Crippen LogP contribution in [0.3, 0.4) is 0 Å². The molecule has 36 heavy (non-hydrogen) atoms. The lowest BCUT2D eigenvalue weighted by Gasteiger charge is -2.35. The number of sulfonamides is 1. The minimum Gasteiger partial charge on any atom is -0.351 e. The number of hydrogen-bond donors (Lipinski definition) is 3. The molecule has 4 aromatic rings. The first kappa shape index (κ1) is 23.4. The van der Waals surface area contributed by atoms with Crippen LogP contribution in [0.4, 0.5) is 11.4 Å². The van der Waals surface area contributed by atoms with E-state index in [1.807, 2.05) is 36.4 Å². The molecular weight excluding hydrogens is 476 g/mol. The average molecular weight is 501 g/mol. The number of nitrogens with one attached hydrogen (secondary N) is 3. The van der Waals surface area contributed by atoms with Crippen LogP contribution in [0.2, 0.25) is 0 Å². The Morgan fingerprint density at radius 3 is 2.47 bits per heavy atom. The van der Waals surface area contributed by atoms with E-state index in [-0.39, 0.29) is 29.3 Å². The quantitative estimate of drug-likeness (QED) is 0.342. The van der Waals surface area contributed by atoms with Crippen LogP contribution in [0.15, 0.2) is 96.4 Å². The van der Waals surface area contributed by atoms with Gasteiger partial charge in [-0.2, -0.15) is 0 Å². The number of amides is 2. The minimum atomic E-state index is -3.87. The summed E-state index contributed by atoms with van der Waals surface area (Å²) >= 11 is 0. The molecule has 2 amide bonds. The fraction of sp³-hybridized carbons (Fsp3) is 0.111. The van der Waals surface area contributed by atoms with E-state index in [1.165, 1.54) is 22.5 Å². The van der Waals surface area contributed by atoms with Gasteiger partial charge in [0.25, 0.3) is 15.9 Å². The summed E-state index contributed by atoms with van der Waals surface area (Å²) in [5.41, 5.74) is 3.00. The first-order valence-electron chi connectivity index (χ1n) is 11.4. The number of hydrogen-bond acceptors (Lipinski definition) is 4. The van der Waals surface area contributed by atoms with Gasteiger partial charge in [-0.15, -0.1) is 0 Å². The molecule has 1 aromatic heterocycles. The molecule has 2 heterocycles. The number of nitrogens with zero attached hydrogens (tertiary/aromatic N) is 1. The zero-order valence-corrected chi connectivity index (χ0v) is 20.1. The van der Waals surface area contributed by atoms with Crippen molar-refractivity contribution in [2.45, 2.75) is 17.4 Å². The third-order valence-corrected chi connectivity index (χ3v) is 8.01. The summed E-state index contributed by atoms with van der Waals surface area (Å²) in [7, 11) is -3.87. The van der Waals surface area contributed by atoms with Crippen LogP contribution in [-0.4, -0.2) is 31.8 Å². The van der Waals surface area contributed by atoms with Crippen LogP contribution < -0.4 is 14.9 Å². The SMILES string of the molecule is C=CC(=O)NC1CCN(S(=O)(=O)c2ccc(NC(=O)c3cc4ccccc4[nH]3)cc2)c2ccccc21. The van der Waals surface area contributed by atoms with E-state index in [0.717, 1.165) is 16.5 Å². The van der Waals surface area contributed by atoms with Crippen LogP contribution in [-0.2, 0) is 14.8 Å². The summed E-state index contributed by atoms with van der Waals surface area (Å²) in [6.07, 6.45) is 1.62. The summed E-state index contributed by atoms with van der Waals surface area (Å²) < 4.78 is 28.4. The molecule has 1 atom stereocenters. The Labute approximate surface area is 208 Å². The second-order valence-electron chi connectivity index (χ2n) is 8.44. The number of aromatic nitrogens is 1. The van der Waals surface area contributed by atoms with Crippen molar-refractivity contribution < 1.29 is 18.0 Å². The number of benzene rings is 3. The van der Waals surface area contributed by atoms with Gasteiger partial charge in [-0.1, -0.05) is 43.0 Å². The Kier molecular flexibility index (Phi) is 6.07. The third-order valence-electron chi connectivity index (χ3n) is 6.18. The monoisotopic (exact) mass is 500 g/mol. The van der Waals surface area contributed by atoms with Crippen LogP contribution in [0.1, 0.15) is 28.5 Å². The van der Waals surface area contributed by atoms with E-state index < -0.39 is 10.0 Å². The van der Waals surface area contributed by atoms with Crippen molar-refractivity contribution >= 4 is 44.1 Å². The van der Waals surface area contributed by atoms with Crippen molar-refractivity contribution in [3.05, 3.63) is 103 Å². The molecule has 5 rings (SSSR count). The van der Waals surface area contributed by atoms with Crippen LogP contribution in [0.5, 0.6) is 0 Å². The molecule has 182 valence electrons. The van der Waals surface area contributed by atoms with Gasteiger partial charge in [0.15, 0.2) is 0 Å². The van der Waals surface area contributed by atoms with Gasteiger partial charge in [0.05, 0.1) is 16.6 Å². The average Bonchev–Trinajstić information content (AvgIpc) is 3.34. The van der Waals surface area contributed by atoms with E-state index in [1.54, 1.807) is 30.3 Å². The van der Waals surface area contributed by atoms with Gasteiger partial charge in [-0.05, 0) is 60.5 Å². The molecular formula is C27H24N4O4S. The van der Waals surface area contributed by atoms with Crippen LogP contribution in [0.25, 0.3) is 10.9 Å². The Morgan fingerprint density at radius 2 is 1.72 bits per heavy atom. The number of rotatable bonds is 6. The Morgan fingerprint density at radius 1 is 1.00 bits per heavy atom. The maximum absolute atomic E-state index is 13.5. The zero-order valence-electron chi connectivity index (χ0n) is 19.3. The van der Waals surface area contributed by atoms with Crippen molar-refractivity contribution in [3.63, 3.8) is 0 Å². The number of carbonyl (C=O) groups is 2. The smallest absolute Gasteiger partial charge is 0.272 e. The van der Waals surface area contributed by atoms with Crippen molar-refractivity contribution in [1.29, 1.82) is 0 Å². The number of carbonyl (C=O) groups excluding carboxylic acids is 2. The third kappa shape index (κ3) is 4.36. The molecule has 1 aliphatic rings. The Hall–Kier alpha value is -4.37. The highest BCUT2D eigenvalue weighted by atomic mass is 32.2. The molecule has 0 spiro atoms. The highest BCUT2D eigenvalue weighted by molar-refractivity contribution is 7.92. The second-order valence-corrected chi connectivity index (χ2v) is 10.3. The summed E-state index contributed by atoms with van der Waals surface area (Å²) in [4.78, 5) is 27.7. The minimum absolute atomic E-state index is 0.106. The van der Waals surface area contributed by atoms with Crippen molar-refractivity contribution in [2.24, 2.45) is 0 Å². The molecule has 1 unspecified atom stereocenters. The number of fused-ring (bicyclic) bond motifs is 2. The predicted octanol–water partition coefficient (Wildman–Crippen LogP) is 4.36. The van der Waals surface area contributed by atoms with Crippen LogP contribution >= 0.6 is 0 Å². The first-order chi connectivity index (χ1) is 17.4. The Bertz CT molecular complexity index is 1540. The predicted molar refractivity (Wildman–Crippen MR) is 139 cm³/mol. The van der Waals surface area contributed by atoms with E-state index >= 15 is 0 Å². The summed E-state index contributed by atoms with van der Waals surface area (Å²) in [5, 5.41) is 6.59. The normalized spacial score (nSPS) is 15.2. The topological polar surface area (TPSA) is 111 Å². The van der Waals surface area contributed by atoms with Crippen molar-refractivity contribution in [1.82, 2.24) is 10.3 Å². The second kappa shape index (κ2) is 9.35. The molecule has 0 bridgehead atoms. The van der Waals surface area contributed by atoms with Gasteiger partial charge in [0, 0.05) is 23.1 Å². The number of para-hydroxylation sites is 2. The maximum atomic E-state index is 13.5. The fourth-order valence-corrected chi connectivity index (χ4v) is 5.90. The van der Waals surface area contributed by atoms with Gasteiger partial charge in [0.2, 0.25) is 5.91 Å². The molecule has 3 aromatic carbocycles. The van der Waals surface area contributed by atoms with E-state index in [4.69, 9.17) is 0 Å². The van der Waals surface area contributed by atoms with Gasteiger partial charge in [-0.25, -0.2) is 8.42 Å². The lowest BCUT2D eigenvalue weighted by molar-refractivity contribution is -0.117. The summed E-state index contributed by atoms with van der Waals surface area (Å²) in [6, 6.07) is 22.3. The highest BCUT2D eigenvalue weighted by Crippen LogP contribution is 2.37. The lowest BCUT2D eigenvalue weighted by Crippen LogP contribution is -2.40. The van der Waals surface area contributed by atoms with E-state index in [0.29, 0.717) is 23.5 Å². The number of anilines is 2. The van der Waals surface area contributed by atoms with E-state index in [9.17, 15) is 18.0 Å². The van der Waals surface area contributed by atoms with Gasteiger partial charge in [0.1, 0.15) is 5.69 Å². The molecule has 0 fully saturated rings. The number of aromatic amines is 1. The molecule has 0 aliphatic carbocycles. The molecule has 0 saturated heterocycles. The standard InChI is InChI=1S/C27H24N4O4S/c1-2-26(32)30-23-15-16-31(25-10-6-4-8-21(23)25)36(34,35)20-13-11-19(12-14-20)28-27(33)24-17-18-7-3-5-9-22(18)29-24/h2-14,17,23,29H,1,15-16H2,(H,28,33)(H,30,32). The molecule has 0 saturated carbocycles. The summed E-state index contributed by atoms with van der Waals surface area (Å²) in [5.74, 6) is -0.629. The maximum Gasteiger partial charge on any atom is 0.272 e. The Balaban J connectivity index is 1.36. The highest BCUT2D eigenvalue weighted by Gasteiger charge is 2.33. The first-order valence-corrected chi connectivity index (χ1v) is 12.8. The van der Waals surface area contributed by atoms with Gasteiger partial charge < -0.3 is 15.6 Å². The molecule has 3 N–H and O–H groups in total. The van der Waals surface area contributed by atoms with Crippen molar-refractivity contribution in [3.8, 4) is 0 Å².